The lowest BCUT2D eigenvalue weighted by atomic mass is 10.0. The van der Waals surface area contributed by atoms with Crippen LogP contribution in [0.25, 0.3) is 23.1 Å². The van der Waals surface area contributed by atoms with Crippen LogP contribution in [0.1, 0.15) is 22.5 Å². The van der Waals surface area contributed by atoms with E-state index >= 15 is 0 Å². The van der Waals surface area contributed by atoms with Crippen molar-refractivity contribution in [2.75, 3.05) is 0 Å². The summed E-state index contributed by atoms with van der Waals surface area (Å²) >= 11 is 0. The highest BCUT2D eigenvalue weighted by Gasteiger charge is 2.05. The standard InChI is InChI=1S/C21H16FN3/c22-17-5-3-4-15(13-17)12-16-7-9-20-19(14-16)21(25-24-20)10-8-18-6-1-2-11-23-18/h1-11,13-14H,12H2,(H,24,25). The third kappa shape index (κ3) is 3.48. The van der Waals surface area contributed by atoms with Crippen LogP contribution in [0.2, 0.25) is 0 Å². The Morgan fingerprint density at radius 2 is 1.84 bits per heavy atom. The number of aromatic nitrogens is 3. The SMILES string of the molecule is Fc1cccc(Cc2ccc3[nH]nc(C=Cc4ccccn4)c3c2)c1. The predicted octanol–water partition coefficient (Wildman–Crippen LogP) is 4.86. The number of pyridine rings is 1. The molecule has 4 heteroatoms. The molecule has 0 unspecified atom stereocenters. The van der Waals surface area contributed by atoms with Gasteiger partial charge in [0.2, 0.25) is 0 Å². The predicted molar refractivity (Wildman–Crippen MR) is 98.5 cm³/mol. The van der Waals surface area contributed by atoms with E-state index < -0.39 is 0 Å². The van der Waals surface area contributed by atoms with E-state index in [1.807, 2.05) is 48.6 Å². The zero-order valence-corrected chi connectivity index (χ0v) is 13.5. The largest absolute Gasteiger partial charge is 0.277 e. The van der Waals surface area contributed by atoms with Crippen molar-refractivity contribution < 1.29 is 4.39 Å². The van der Waals surface area contributed by atoms with Crippen LogP contribution in [0, 0.1) is 5.82 Å². The van der Waals surface area contributed by atoms with Crippen LogP contribution in [-0.2, 0) is 6.42 Å². The average molecular weight is 329 g/mol. The summed E-state index contributed by atoms with van der Waals surface area (Å²) in [6.45, 7) is 0. The third-order valence-corrected chi connectivity index (χ3v) is 4.05. The molecule has 2 aromatic heterocycles. The van der Waals surface area contributed by atoms with Gasteiger partial charge >= 0.3 is 0 Å². The fourth-order valence-corrected chi connectivity index (χ4v) is 2.84. The van der Waals surface area contributed by atoms with E-state index in [-0.39, 0.29) is 5.82 Å². The lowest BCUT2D eigenvalue weighted by molar-refractivity contribution is 0.626. The maximum absolute atomic E-state index is 13.4. The molecule has 25 heavy (non-hydrogen) atoms. The summed E-state index contributed by atoms with van der Waals surface area (Å²) in [7, 11) is 0. The average Bonchev–Trinajstić information content (AvgIpc) is 3.03. The highest BCUT2D eigenvalue weighted by atomic mass is 19.1. The van der Waals surface area contributed by atoms with Crippen LogP contribution < -0.4 is 0 Å². The van der Waals surface area contributed by atoms with E-state index in [4.69, 9.17) is 0 Å². The number of fused-ring (bicyclic) bond motifs is 1. The Labute approximate surface area is 144 Å². The Hall–Kier alpha value is -3.27. The van der Waals surface area contributed by atoms with E-state index in [0.717, 1.165) is 33.4 Å². The minimum atomic E-state index is -0.208. The van der Waals surface area contributed by atoms with Gasteiger partial charge in [0.1, 0.15) is 5.82 Å². The molecule has 0 aliphatic heterocycles. The van der Waals surface area contributed by atoms with Crippen LogP contribution in [0.4, 0.5) is 4.39 Å². The van der Waals surface area contributed by atoms with Crippen LogP contribution in [0.5, 0.6) is 0 Å². The molecule has 0 saturated carbocycles. The fraction of sp³-hybridized carbons (Fsp3) is 0.0476. The Bertz CT molecular complexity index is 1040. The van der Waals surface area contributed by atoms with Gasteiger partial charge in [0.25, 0.3) is 0 Å². The van der Waals surface area contributed by atoms with Gasteiger partial charge in [-0.05, 0) is 66.1 Å². The molecule has 122 valence electrons. The van der Waals surface area contributed by atoms with Crippen molar-refractivity contribution in [1.82, 2.24) is 15.2 Å². The molecule has 0 bridgehead atoms. The molecule has 2 heterocycles. The second kappa shape index (κ2) is 6.69. The van der Waals surface area contributed by atoms with Crippen LogP contribution in [-0.4, -0.2) is 15.2 Å². The van der Waals surface area contributed by atoms with E-state index in [9.17, 15) is 4.39 Å². The molecule has 0 aliphatic carbocycles. The first-order valence-corrected chi connectivity index (χ1v) is 8.08. The summed E-state index contributed by atoms with van der Waals surface area (Å²) in [6.07, 6.45) is 6.34. The van der Waals surface area contributed by atoms with Crippen molar-refractivity contribution in [3.63, 3.8) is 0 Å². The Balaban J connectivity index is 1.64. The fourth-order valence-electron chi connectivity index (χ4n) is 2.84. The first-order valence-electron chi connectivity index (χ1n) is 8.08. The minimum Gasteiger partial charge on any atom is -0.277 e. The molecule has 4 rings (SSSR count). The number of rotatable bonds is 4. The molecule has 0 atom stereocenters. The summed E-state index contributed by atoms with van der Waals surface area (Å²) in [6, 6.07) is 18.6. The molecular formula is C21H16FN3. The zero-order valence-electron chi connectivity index (χ0n) is 13.5. The summed E-state index contributed by atoms with van der Waals surface area (Å²) in [5.74, 6) is -0.208. The molecule has 0 fully saturated rings. The molecule has 0 saturated heterocycles. The molecule has 1 N–H and O–H groups in total. The second-order valence-corrected chi connectivity index (χ2v) is 5.88. The first kappa shape index (κ1) is 15.3. The van der Waals surface area contributed by atoms with Gasteiger partial charge in [-0.2, -0.15) is 5.10 Å². The zero-order chi connectivity index (χ0) is 17.1. The van der Waals surface area contributed by atoms with Crippen molar-refractivity contribution in [2.45, 2.75) is 6.42 Å². The topological polar surface area (TPSA) is 41.6 Å². The van der Waals surface area contributed by atoms with E-state index in [0.29, 0.717) is 6.42 Å². The van der Waals surface area contributed by atoms with Gasteiger partial charge in [-0.25, -0.2) is 4.39 Å². The normalized spacial score (nSPS) is 11.4. The smallest absolute Gasteiger partial charge is 0.123 e. The summed E-state index contributed by atoms with van der Waals surface area (Å²) in [5.41, 5.74) is 4.79. The van der Waals surface area contributed by atoms with Crippen molar-refractivity contribution in [2.24, 2.45) is 0 Å². The number of halogens is 1. The number of hydrogen-bond donors (Lipinski definition) is 1. The van der Waals surface area contributed by atoms with E-state index in [1.165, 1.54) is 6.07 Å². The van der Waals surface area contributed by atoms with Crippen molar-refractivity contribution >= 4 is 23.1 Å². The number of nitrogens with one attached hydrogen (secondary N) is 1. The number of hydrogen-bond acceptors (Lipinski definition) is 2. The summed E-state index contributed by atoms with van der Waals surface area (Å²) in [4.78, 5) is 4.28. The van der Waals surface area contributed by atoms with Gasteiger partial charge in [0, 0.05) is 11.6 Å². The molecule has 3 nitrogen and oxygen atoms in total. The minimum absolute atomic E-state index is 0.208. The van der Waals surface area contributed by atoms with Crippen molar-refractivity contribution in [3.05, 3.63) is 95.2 Å². The van der Waals surface area contributed by atoms with Gasteiger partial charge < -0.3 is 0 Å². The molecule has 2 aromatic carbocycles. The van der Waals surface area contributed by atoms with Crippen LogP contribution in [0.3, 0.4) is 0 Å². The molecule has 0 spiro atoms. The van der Waals surface area contributed by atoms with Gasteiger partial charge in [-0.15, -0.1) is 0 Å². The number of benzene rings is 2. The highest BCUT2D eigenvalue weighted by molar-refractivity contribution is 5.89. The van der Waals surface area contributed by atoms with Gasteiger partial charge in [0.15, 0.2) is 0 Å². The van der Waals surface area contributed by atoms with E-state index in [2.05, 4.69) is 21.2 Å². The highest BCUT2D eigenvalue weighted by Crippen LogP contribution is 2.21. The maximum Gasteiger partial charge on any atom is 0.123 e. The number of aromatic amines is 1. The van der Waals surface area contributed by atoms with Crippen molar-refractivity contribution in [1.29, 1.82) is 0 Å². The lowest BCUT2D eigenvalue weighted by Crippen LogP contribution is -1.89. The number of nitrogens with zero attached hydrogens (tertiary/aromatic N) is 2. The summed E-state index contributed by atoms with van der Waals surface area (Å²) in [5, 5.41) is 8.46. The molecule has 0 amide bonds. The molecular weight excluding hydrogens is 313 g/mol. The van der Waals surface area contributed by atoms with Crippen molar-refractivity contribution in [3.8, 4) is 0 Å². The lowest BCUT2D eigenvalue weighted by Gasteiger charge is -2.03. The van der Waals surface area contributed by atoms with Crippen LogP contribution in [0.15, 0.2) is 66.9 Å². The summed E-state index contributed by atoms with van der Waals surface area (Å²) < 4.78 is 13.4. The number of H-pyrrole nitrogens is 1. The Morgan fingerprint density at radius 1 is 0.920 bits per heavy atom. The Morgan fingerprint density at radius 3 is 2.68 bits per heavy atom. The Kier molecular flexibility index (Phi) is 4.09. The second-order valence-electron chi connectivity index (χ2n) is 5.88. The first-order chi connectivity index (χ1) is 12.3. The molecule has 0 aliphatic rings. The molecule has 4 aromatic rings. The van der Waals surface area contributed by atoms with Gasteiger partial charge in [0.05, 0.1) is 16.9 Å². The maximum atomic E-state index is 13.4. The monoisotopic (exact) mass is 329 g/mol. The van der Waals surface area contributed by atoms with Gasteiger partial charge in [-0.1, -0.05) is 24.3 Å². The van der Waals surface area contributed by atoms with Crippen LogP contribution >= 0.6 is 0 Å². The van der Waals surface area contributed by atoms with E-state index in [1.54, 1.807) is 18.3 Å². The van der Waals surface area contributed by atoms with Gasteiger partial charge in [-0.3, -0.25) is 10.1 Å². The quantitative estimate of drug-likeness (QED) is 0.581. The third-order valence-electron chi connectivity index (χ3n) is 4.05. The molecule has 0 radical (unpaired) electrons.